The summed E-state index contributed by atoms with van der Waals surface area (Å²) in [6, 6.07) is 16.5. The van der Waals surface area contributed by atoms with E-state index in [1.807, 2.05) is 47.9 Å². The lowest BCUT2D eigenvalue weighted by Crippen LogP contribution is -2.23. The molecule has 174 valence electrons. The zero-order valence-corrected chi connectivity index (χ0v) is 19.3. The molecule has 1 amide bonds. The summed E-state index contributed by atoms with van der Waals surface area (Å²) in [5.41, 5.74) is 9.23. The van der Waals surface area contributed by atoms with E-state index in [0.717, 1.165) is 5.56 Å². The molecule has 3 N–H and O–H groups in total. The van der Waals surface area contributed by atoms with Gasteiger partial charge in [0, 0.05) is 37.6 Å². The van der Waals surface area contributed by atoms with Gasteiger partial charge in [-0.2, -0.15) is 0 Å². The molecular formula is C26H23N7O2. The maximum atomic E-state index is 13.2. The highest BCUT2D eigenvalue weighted by molar-refractivity contribution is 5.98. The van der Waals surface area contributed by atoms with Crippen LogP contribution in [-0.4, -0.2) is 30.4 Å². The number of anilines is 3. The molecule has 0 aliphatic heterocycles. The lowest BCUT2D eigenvalue weighted by atomic mass is 10.1. The van der Waals surface area contributed by atoms with Gasteiger partial charge in [-0.15, -0.1) is 0 Å². The number of aromatic amines is 1. The van der Waals surface area contributed by atoms with Crippen molar-refractivity contribution in [2.45, 2.75) is 20.4 Å². The number of imidazole rings is 1. The first-order chi connectivity index (χ1) is 17.0. The number of nitrogen functional groups attached to an aromatic ring is 1. The molecule has 9 nitrogen and oxygen atoms in total. The molecular weight excluding hydrogens is 442 g/mol. The molecule has 4 heterocycles. The van der Waals surface area contributed by atoms with Gasteiger partial charge in [-0.3, -0.25) is 14.5 Å². The van der Waals surface area contributed by atoms with Gasteiger partial charge in [-0.1, -0.05) is 18.2 Å². The van der Waals surface area contributed by atoms with Gasteiger partial charge in [0.05, 0.1) is 16.8 Å². The van der Waals surface area contributed by atoms with Crippen LogP contribution in [0.25, 0.3) is 33.7 Å². The van der Waals surface area contributed by atoms with E-state index in [1.165, 1.54) is 6.92 Å². The standard InChI is InChI=1S/C26H23N7O2/c1-3-32-24(27)22(25-29-14-15-30-25)23(35)19-11-12-20(31-26(19)32)17-7-9-18(10-8-17)33(16(2)34)21-6-4-5-13-28-21/h4-15H,3,27H2,1-2H3,(H,29,30). The SMILES string of the molecule is CCn1c(N)c(-c2ncc[nH]2)c(=O)c2ccc(-c3ccc(N(C(C)=O)c4ccccn4)cc3)nc21. The highest BCUT2D eigenvalue weighted by atomic mass is 16.2. The van der Waals surface area contributed by atoms with Gasteiger partial charge < -0.3 is 15.3 Å². The van der Waals surface area contributed by atoms with Gasteiger partial charge in [0.1, 0.15) is 28.7 Å². The minimum atomic E-state index is -0.223. The average molecular weight is 466 g/mol. The number of carbonyl (C=O) groups is 1. The number of hydrogen-bond donors (Lipinski definition) is 2. The maximum Gasteiger partial charge on any atom is 0.229 e. The first-order valence-corrected chi connectivity index (χ1v) is 11.1. The summed E-state index contributed by atoms with van der Waals surface area (Å²) in [4.78, 5) is 43.4. The minimum Gasteiger partial charge on any atom is -0.384 e. The highest BCUT2D eigenvalue weighted by Crippen LogP contribution is 2.29. The molecule has 0 aliphatic rings. The largest absolute Gasteiger partial charge is 0.384 e. The number of aryl methyl sites for hydroxylation is 1. The summed E-state index contributed by atoms with van der Waals surface area (Å²) in [5, 5.41) is 0.464. The Labute approximate surface area is 200 Å². The van der Waals surface area contributed by atoms with Crippen LogP contribution in [0.2, 0.25) is 0 Å². The van der Waals surface area contributed by atoms with E-state index in [2.05, 4.69) is 15.0 Å². The minimum absolute atomic E-state index is 0.143. The molecule has 4 aromatic heterocycles. The van der Waals surface area contributed by atoms with Crippen LogP contribution >= 0.6 is 0 Å². The van der Waals surface area contributed by atoms with Gasteiger partial charge >= 0.3 is 0 Å². The zero-order chi connectivity index (χ0) is 24.5. The fourth-order valence-corrected chi connectivity index (χ4v) is 4.19. The number of nitrogens with one attached hydrogen (secondary N) is 1. The smallest absolute Gasteiger partial charge is 0.229 e. The molecule has 0 atom stereocenters. The highest BCUT2D eigenvalue weighted by Gasteiger charge is 2.19. The number of aromatic nitrogens is 5. The van der Waals surface area contributed by atoms with Crippen LogP contribution in [0.1, 0.15) is 13.8 Å². The number of rotatable bonds is 5. The van der Waals surface area contributed by atoms with E-state index in [4.69, 9.17) is 10.7 Å². The van der Waals surface area contributed by atoms with E-state index in [9.17, 15) is 9.59 Å². The Morgan fingerprint density at radius 1 is 1.06 bits per heavy atom. The normalized spacial score (nSPS) is 11.0. The average Bonchev–Trinajstić information content (AvgIpc) is 3.40. The quantitative estimate of drug-likeness (QED) is 0.402. The van der Waals surface area contributed by atoms with Crippen molar-refractivity contribution in [3.63, 3.8) is 0 Å². The van der Waals surface area contributed by atoms with Gasteiger partial charge in [-0.25, -0.2) is 15.0 Å². The number of pyridine rings is 3. The lowest BCUT2D eigenvalue weighted by molar-refractivity contribution is -0.115. The van der Waals surface area contributed by atoms with Crippen LogP contribution in [0.15, 0.2) is 78.0 Å². The van der Waals surface area contributed by atoms with Crippen molar-refractivity contribution in [1.82, 2.24) is 24.5 Å². The van der Waals surface area contributed by atoms with Gasteiger partial charge in [0.2, 0.25) is 11.3 Å². The Morgan fingerprint density at radius 2 is 1.86 bits per heavy atom. The van der Waals surface area contributed by atoms with Crippen molar-refractivity contribution in [3.8, 4) is 22.6 Å². The number of nitrogens with zero attached hydrogens (tertiary/aromatic N) is 5. The second-order valence-electron chi connectivity index (χ2n) is 7.93. The van der Waals surface area contributed by atoms with Crippen LogP contribution in [0, 0.1) is 0 Å². The summed E-state index contributed by atoms with van der Waals surface area (Å²) in [5.74, 6) is 1.15. The summed E-state index contributed by atoms with van der Waals surface area (Å²) in [7, 11) is 0. The predicted octanol–water partition coefficient (Wildman–Crippen LogP) is 4.14. The Kier molecular flexibility index (Phi) is 5.58. The third kappa shape index (κ3) is 3.82. The number of nitrogens with two attached hydrogens (primary N) is 1. The summed E-state index contributed by atoms with van der Waals surface area (Å²) >= 11 is 0. The van der Waals surface area contributed by atoms with Crippen LogP contribution in [0.3, 0.4) is 0 Å². The second kappa shape index (κ2) is 8.86. The number of H-pyrrole nitrogens is 1. The molecule has 1 aromatic carbocycles. The van der Waals surface area contributed by atoms with Crippen molar-refractivity contribution in [3.05, 3.63) is 83.4 Å². The Bertz CT molecular complexity index is 1570. The molecule has 9 heteroatoms. The number of benzene rings is 1. The Morgan fingerprint density at radius 3 is 2.49 bits per heavy atom. The van der Waals surface area contributed by atoms with Crippen molar-refractivity contribution in [2.75, 3.05) is 10.6 Å². The van der Waals surface area contributed by atoms with E-state index in [-0.39, 0.29) is 11.3 Å². The van der Waals surface area contributed by atoms with E-state index < -0.39 is 0 Å². The summed E-state index contributed by atoms with van der Waals surface area (Å²) < 4.78 is 1.81. The molecule has 35 heavy (non-hydrogen) atoms. The van der Waals surface area contributed by atoms with Crippen LogP contribution in [0.4, 0.5) is 17.3 Å². The van der Waals surface area contributed by atoms with Crippen LogP contribution in [0.5, 0.6) is 0 Å². The molecule has 0 spiro atoms. The number of hydrogen-bond acceptors (Lipinski definition) is 6. The van der Waals surface area contributed by atoms with Crippen molar-refractivity contribution in [2.24, 2.45) is 0 Å². The van der Waals surface area contributed by atoms with E-state index in [0.29, 0.717) is 52.0 Å². The monoisotopic (exact) mass is 465 g/mol. The summed E-state index contributed by atoms with van der Waals surface area (Å²) in [6.45, 7) is 3.98. The number of carbonyl (C=O) groups excluding carboxylic acids is 1. The Balaban J connectivity index is 1.59. The van der Waals surface area contributed by atoms with Crippen molar-refractivity contribution in [1.29, 1.82) is 0 Å². The first-order valence-electron chi connectivity index (χ1n) is 11.1. The molecule has 0 fully saturated rings. The fourth-order valence-electron chi connectivity index (χ4n) is 4.19. The van der Waals surface area contributed by atoms with Gasteiger partial charge in [-0.05, 0) is 43.3 Å². The zero-order valence-electron chi connectivity index (χ0n) is 19.3. The molecule has 0 radical (unpaired) electrons. The first kappa shape index (κ1) is 22.0. The number of amides is 1. The molecule has 5 rings (SSSR count). The van der Waals surface area contributed by atoms with Gasteiger partial charge in [0.15, 0.2) is 0 Å². The fraction of sp³-hybridized carbons (Fsp3) is 0.115. The molecule has 0 aliphatic carbocycles. The lowest BCUT2D eigenvalue weighted by Gasteiger charge is -2.20. The summed E-state index contributed by atoms with van der Waals surface area (Å²) in [6.07, 6.45) is 4.89. The molecule has 0 unspecified atom stereocenters. The molecule has 0 saturated heterocycles. The van der Waals surface area contributed by atoms with E-state index >= 15 is 0 Å². The molecule has 0 bridgehead atoms. The van der Waals surface area contributed by atoms with Crippen LogP contribution in [-0.2, 0) is 11.3 Å². The second-order valence-corrected chi connectivity index (χ2v) is 7.93. The molecule has 0 saturated carbocycles. The van der Waals surface area contributed by atoms with Crippen molar-refractivity contribution >= 4 is 34.3 Å². The third-order valence-electron chi connectivity index (χ3n) is 5.82. The molecule has 5 aromatic rings. The predicted molar refractivity (Wildman–Crippen MR) is 136 cm³/mol. The topological polar surface area (TPSA) is 123 Å². The van der Waals surface area contributed by atoms with Gasteiger partial charge in [0.25, 0.3) is 0 Å². The van der Waals surface area contributed by atoms with Crippen molar-refractivity contribution < 1.29 is 4.79 Å². The van der Waals surface area contributed by atoms with E-state index in [1.54, 1.807) is 41.7 Å². The third-order valence-corrected chi connectivity index (χ3v) is 5.82. The Hall–Kier alpha value is -4.79. The van der Waals surface area contributed by atoms with Crippen LogP contribution < -0.4 is 16.1 Å². The number of fused-ring (bicyclic) bond motifs is 1. The maximum absolute atomic E-state index is 13.2.